The number of hydrogen-bond acceptors (Lipinski definition) is 6. The van der Waals surface area contributed by atoms with E-state index in [1.807, 2.05) is 0 Å². The molecule has 1 atom stereocenters. The van der Waals surface area contributed by atoms with Gasteiger partial charge in [-0.2, -0.15) is 4.98 Å². The van der Waals surface area contributed by atoms with Crippen molar-refractivity contribution in [2.24, 2.45) is 0 Å². The van der Waals surface area contributed by atoms with Crippen LogP contribution in [0.1, 0.15) is 40.8 Å². The second kappa shape index (κ2) is 6.19. The molecule has 8 heteroatoms. The van der Waals surface area contributed by atoms with E-state index >= 15 is 0 Å². The number of piperidine rings is 1. The Labute approximate surface area is 142 Å². The molecule has 1 fully saturated rings. The molecule has 1 unspecified atom stereocenters. The number of likely N-dealkylation sites (tertiary alicyclic amines) is 1. The summed E-state index contributed by atoms with van der Waals surface area (Å²) in [6.45, 7) is 2.75. The number of hydrogen-bond donors (Lipinski definition) is 0. The Morgan fingerprint density at radius 2 is 2.04 bits per heavy atom. The number of benzene rings is 1. The molecule has 0 bridgehead atoms. The van der Waals surface area contributed by atoms with E-state index in [1.54, 1.807) is 11.8 Å². The van der Waals surface area contributed by atoms with Crippen LogP contribution in [-0.4, -0.2) is 44.0 Å². The minimum absolute atomic E-state index is 0.00959. The van der Waals surface area contributed by atoms with Crippen LogP contribution in [0.25, 0.3) is 11.0 Å². The Bertz CT molecular complexity index is 942. The molecule has 0 spiro atoms. The van der Waals surface area contributed by atoms with E-state index in [1.165, 1.54) is 24.5 Å². The Morgan fingerprint density at radius 3 is 2.76 bits per heavy atom. The molecule has 4 rings (SSSR count). The number of carbonyl (C=O) groups excluding carboxylic acids is 1. The molecule has 7 nitrogen and oxygen atoms in total. The van der Waals surface area contributed by atoms with Gasteiger partial charge in [0.15, 0.2) is 5.82 Å². The first kappa shape index (κ1) is 15.6. The van der Waals surface area contributed by atoms with Crippen molar-refractivity contribution in [1.29, 1.82) is 0 Å². The number of aryl methyl sites for hydroxylation is 1. The summed E-state index contributed by atoms with van der Waals surface area (Å²) in [6, 6.07) is 2.71. The summed E-state index contributed by atoms with van der Waals surface area (Å²) >= 11 is 0. The second-order valence-electron chi connectivity index (χ2n) is 6.15. The van der Waals surface area contributed by atoms with Crippen LogP contribution in [0.2, 0.25) is 0 Å². The molecular weight excluding hydrogens is 325 g/mol. The normalized spacial score (nSPS) is 17.8. The Balaban J connectivity index is 1.61. The van der Waals surface area contributed by atoms with Crippen LogP contribution in [0.5, 0.6) is 0 Å². The van der Waals surface area contributed by atoms with Crippen molar-refractivity contribution >= 4 is 16.9 Å². The first-order valence-electron chi connectivity index (χ1n) is 8.11. The Hall–Kier alpha value is -2.90. The molecule has 3 aromatic rings. The van der Waals surface area contributed by atoms with Gasteiger partial charge in [0.25, 0.3) is 5.91 Å². The zero-order valence-corrected chi connectivity index (χ0v) is 13.6. The quantitative estimate of drug-likeness (QED) is 0.712. The van der Waals surface area contributed by atoms with Gasteiger partial charge in [0.05, 0.1) is 22.5 Å². The van der Waals surface area contributed by atoms with Crippen LogP contribution in [0.4, 0.5) is 4.39 Å². The zero-order valence-electron chi connectivity index (χ0n) is 13.6. The first-order chi connectivity index (χ1) is 12.1. The van der Waals surface area contributed by atoms with Gasteiger partial charge in [-0.15, -0.1) is 0 Å². The third-order valence-corrected chi connectivity index (χ3v) is 4.39. The highest BCUT2D eigenvalue weighted by Crippen LogP contribution is 2.27. The largest absolute Gasteiger partial charge is 0.339 e. The molecular formula is C17H16FN5O2. The Kier molecular flexibility index (Phi) is 3.87. The third kappa shape index (κ3) is 2.95. The van der Waals surface area contributed by atoms with Gasteiger partial charge < -0.3 is 9.42 Å². The van der Waals surface area contributed by atoms with Crippen molar-refractivity contribution in [2.45, 2.75) is 25.7 Å². The molecule has 25 heavy (non-hydrogen) atoms. The number of amides is 1. The zero-order chi connectivity index (χ0) is 17.4. The van der Waals surface area contributed by atoms with Crippen molar-refractivity contribution in [3.63, 3.8) is 0 Å². The van der Waals surface area contributed by atoms with Crippen molar-refractivity contribution < 1.29 is 13.7 Å². The highest BCUT2D eigenvalue weighted by Gasteiger charge is 2.30. The number of rotatable bonds is 2. The summed E-state index contributed by atoms with van der Waals surface area (Å²) in [4.78, 5) is 26.9. The molecule has 1 amide bonds. The molecule has 0 aliphatic carbocycles. The maximum atomic E-state index is 14.4. The number of fused-ring (bicyclic) bond motifs is 1. The maximum absolute atomic E-state index is 14.4. The molecule has 3 heterocycles. The van der Waals surface area contributed by atoms with Crippen molar-refractivity contribution in [1.82, 2.24) is 25.0 Å². The standard InChI is InChI=1S/C17H16FN5O2/c1-10-21-16(25-22-10)11-3-2-6-23(9-11)17(24)12-7-14-15(8-13(12)18)20-5-4-19-14/h4-5,7-8,11H,2-3,6,9H2,1H3. The van der Waals surface area contributed by atoms with Gasteiger partial charge in [-0.3, -0.25) is 14.8 Å². The lowest BCUT2D eigenvalue weighted by molar-refractivity contribution is 0.0691. The summed E-state index contributed by atoms with van der Waals surface area (Å²) in [5, 5.41) is 3.80. The van der Waals surface area contributed by atoms with Crippen LogP contribution in [0, 0.1) is 12.7 Å². The van der Waals surface area contributed by atoms with Gasteiger partial charge >= 0.3 is 0 Å². The molecule has 1 aromatic carbocycles. The van der Waals surface area contributed by atoms with Crippen molar-refractivity contribution in [3.8, 4) is 0 Å². The summed E-state index contributed by atoms with van der Waals surface area (Å²) in [5.74, 6) is 0.124. The number of carbonyl (C=O) groups is 1. The summed E-state index contributed by atoms with van der Waals surface area (Å²) in [5.41, 5.74) is 0.929. The first-order valence-corrected chi connectivity index (χ1v) is 8.11. The molecule has 2 aromatic heterocycles. The van der Waals surface area contributed by atoms with E-state index in [9.17, 15) is 9.18 Å². The van der Waals surface area contributed by atoms with E-state index in [-0.39, 0.29) is 17.4 Å². The van der Waals surface area contributed by atoms with E-state index < -0.39 is 5.82 Å². The molecule has 1 aliphatic heterocycles. The topological polar surface area (TPSA) is 85.0 Å². The molecule has 0 N–H and O–H groups in total. The second-order valence-corrected chi connectivity index (χ2v) is 6.15. The maximum Gasteiger partial charge on any atom is 0.256 e. The predicted octanol–water partition coefficient (Wildman–Crippen LogP) is 2.48. The fourth-order valence-corrected chi connectivity index (χ4v) is 3.16. The smallest absolute Gasteiger partial charge is 0.256 e. The number of aromatic nitrogens is 4. The summed E-state index contributed by atoms with van der Waals surface area (Å²) in [7, 11) is 0. The molecule has 1 saturated heterocycles. The minimum atomic E-state index is -0.589. The lowest BCUT2D eigenvalue weighted by atomic mass is 9.97. The van der Waals surface area contributed by atoms with Crippen LogP contribution in [0.3, 0.4) is 0 Å². The fraction of sp³-hybridized carbons (Fsp3) is 0.353. The Morgan fingerprint density at radius 1 is 1.28 bits per heavy atom. The van der Waals surface area contributed by atoms with E-state index in [2.05, 4.69) is 20.1 Å². The van der Waals surface area contributed by atoms with Crippen LogP contribution in [0.15, 0.2) is 29.0 Å². The molecule has 0 radical (unpaired) electrons. The van der Waals surface area contributed by atoms with Gasteiger partial charge in [0.1, 0.15) is 5.82 Å². The van der Waals surface area contributed by atoms with Gasteiger partial charge in [-0.05, 0) is 25.8 Å². The fourth-order valence-electron chi connectivity index (χ4n) is 3.16. The average molecular weight is 341 g/mol. The monoisotopic (exact) mass is 341 g/mol. The van der Waals surface area contributed by atoms with Crippen LogP contribution < -0.4 is 0 Å². The molecule has 0 saturated carbocycles. The third-order valence-electron chi connectivity index (χ3n) is 4.39. The SMILES string of the molecule is Cc1noc(C2CCCN(C(=O)c3cc4nccnc4cc3F)C2)n1. The van der Waals surface area contributed by atoms with Crippen molar-refractivity contribution in [3.05, 3.63) is 47.6 Å². The highest BCUT2D eigenvalue weighted by atomic mass is 19.1. The van der Waals surface area contributed by atoms with Crippen LogP contribution in [-0.2, 0) is 0 Å². The molecule has 1 aliphatic rings. The van der Waals surface area contributed by atoms with Gasteiger partial charge in [-0.1, -0.05) is 5.16 Å². The highest BCUT2D eigenvalue weighted by molar-refractivity contribution is 5.97. The van der Waals surface area contributed by atoms with Gasteiger partial charge in [0, 0.05) is 31.5 Å². The summed E-state index contributed by atoms with van der Waals surface area (Å²) in [6.07, 6.45) is 4.66. The number of nitrogens with zero attached hydrogens (tertiary/aromatic N) is 5. The minimum Gasteiger partial charge on any atom is -0.339 e. The van der Waals surface area contributed by atoms with Crippen molar-refractivity contribution in [2.75, 3.05) is 13.1 Å². The number of halogens is 1. The van der Waals surface area contributed by atoms with E-state index in [4.69, 9.17) is 4.52 Å². The predicted molar refractivity (Wildman–Crippen MR) is 86.4 cm³/mol. The average Bonchev–Trinajstić information content (AvgIpc) is 3.07. The van der Waals surface area contributed by atoms with E-state index in [0.717, 1.165) is 12.8 Å². The lowest BCUT2D eigenvalue weighted by Crippen LogP contribution is -2.39. The lowest BCUT2D eigenvalue weighted by Gasteiger charge is -2.31. The van der Waals surface area contributed by atoms with Gasteiger partial charge in [0.2, 0.25) is 5.89 Å². The summed E-state index contributed by atoms with van der Waals surface area (Å²) < 4.78 is 19.6. The van der Waals surface area contributed by atoms with E-state index in [0.29, 0.717) is 35.8 Å². The van der Waals surface area contributed by atoms with Crippen LogP contribution >= 0.6 is 0 Å². The molecule has 128 valence electrons. The van der Waals surface area contributed by atoms with Gasteiger partial charge in [-0.25, -0.2) is 4.39 Å².